The molecule has 0 aliphatic carbocycles. The van der Waals surface area contributed by atoms with Gasteiger partial charge in [0.1, 0.15) is 17.2 Å². The van der Waals surface area contributed by atoms with Gasteiger partial charge in [0, 0.05) is 31.3 Å². The van der Waals surface area contributed by atoms with E-state index in [-0.39, 0.29) is 22.9 Å². The first-order valence-electron chi connectivity index (χ1n) is 7.52. The minimum atomic E-state index is -0.510. The number of carbonyl (C=O) groups is 2. The molecule has 2 amide bonds. The highest BCUT2D eigenvalue weighted by atomic mass is 32.2. The van der Waals surface area contributed by atoms with Gasteiger partial charge in [0.15, 0.2) is 0 Å². The van der Waals surface area contributed by atoms with Gasteiger partial charge in [0.2, 0.25) is 11.8 Å². The first-order chi connectivity index (χ1) is 10.9. The van der Waals surface area contributed by atoms with Crippen LogP contribution in [0, 0.1) is 0 Å². The number of phenolic OH excluding ortho intramolecular Hbond substituents is 1. The van der Waals surface area contributed by atoms with Crippen LogP contribution in [0.1, 0.15) is 17.9 Å². The van der Waals surface area contributed by atoms with Crippen LogP contribution < -0.4 is 5.32 Å². The number of amides is 2. The zero-order valence-corrected chi connectivity index (χ0v) is 14.5. The van der Waals surface area contributed by atoms with E-state index in [1.807, 2.05) is 25.1 Å². The van der Waals surface area contributed by atoms with E-state index in [4.69, 9.17) is 0 Å². The van der Waals surface area contributed by atoms with Crippen molar-refractivity contribution in [3.8, 4) is 5.75 Å². The lowest BCUT2D eigenvalue weighted by atomic mass is 10.1. The third kappa shape index (κ3) is 4.17. The van der Waals surface area contributed by atoms with Gasteiger partial charge in [-0.3, -0.25) is 9.59 Å². The first-order valence-corrected chi connectivity index (χ1v) is 8.57. The molecule has 0 saturated carbocycles. The average molecular weight is 337 g/mol. The number of para-hydroxylation sites is 1. The molecule has 2 rings (SSSR count). The summed E-state index contributed by atoms with van der Waals surface area (Å²) in [5, 5.41) is 12.6. The van der Waals surface area contributed by atoms with E-state index >= 15 is 0 Å². The summed E-state index contributed by atoms with van der Waals surface area (Å²) in [6.07, 6.45) is 0. The van der Waals surface area contributed by atoms with Crippen molar-refractivity contribution in [3.05, 3.63) is 29.8 Å². The Labute approximate surface area is 140 Å². The quantitative estimate of drug-likeness (QED) is 0.840. The number of hydrogen-bond acceptors (Lipinski definition) is 5. The highest BCUT2D eigenvalue weighted by Gasteiger charge is 2.41. The molecule has 0 radical (unpaired) electrons. The zero-order valence-electron chi connectivity index (χ0n) is 13.7. The maximum absolute atomic E-state index is 12.4. The molecule has 23 heavy (non-hydrogen) atoms. The molecule has 0 bridgehead atoms. The number of carbonyl (C=O) groups excluding carboxylic acids is 2. The number of phenols is 1. The average Bonchev–Trinajstić information content (AvgIpc) is 2.92. The van der Waals surface area contributed by atoms with Gasteiger partial charge >= 0.3 is 0 Å². The molecule has 2 atom stereocenters. The molecule has 1 aliphatic heterocycles. The fraction of sp³-hybridized carbons (Fsp3) is 0.500. The summed E-state index contributed by atoms with van der Waals surface area (Å²) in [4.78, 5) is 28.0. The predicted molar refractivity (Wildman–Crippen MR) is 91.2 cm³/mol. The first kappa shape index (κ1) is 17.6. The number of rotatable bonds is 5. The summed E-state index contributed by atoms with van der Waals surface area (Å²) in [5.41, 5.74) is 0.663. The van der Waals surface area contributed by atoms with Gasteiger partial charge in [-0.15, -0.1) is 11.8 Å². The van der Waals surface area contributed by atoms with Crippen molar-refractivity contribution >= 4 is 23.6 Å². The molecule has 0 aromatic heterocycles. The van der Waals surface area contributed by atoms with E-state index < -0.39 is 6.04 Å². The fourth-order valence-corrected chi connectivity index (χ4v) is 4.06. The van der Waals surface area contributed by atoms with Crippen LogP contribution in [0.15, 0.2) is 24.3 Å². The van der Waals surface area contributed by atoms with Crippen molar-refractivity contribution in [1.29, 1.82) is 0 Å². The maximum atomic E-state index is 12.4. The Balaban J connectivity index is 2.12. The van der Waals surface area contributed by atoms with Crippen LogP contribution in [-0.2, 0) is 9.59 Å². The fourth-order valence-electron chi connectivity index (χ4n) is 2.55. The number of likely N-dealkylation sites (N-methyl/N-ethyl adjacent to an activating group) is 1. The van der Waals surface area contributed by atoms with E-state index in [1.165, 1.54) is 18.7 Å². The number of thioether (sulfide) groups is 1. The van der Waals surface area contributed by atoms with Gasteiger partial charge in [-0.1, -0.05) is 18.2 Å². The molecule has 126 valence electrons. The summed E-state index contributed by atoms with van der Waals surface area (Å²) < 4.78 is 0. The number of hydrogen-bond donors (Lipinski definition) is 2. The molecule has 0 spiro atoms. The Bertz CT molecular complexity index is 579. The summed E-state index contributed by atoms with van der Waals surface area (Å²) in [5.74, 6) is 0.347. The second-order valence-corrected chi connectivity index (χ2v) is 6.89. The molecule has 2 N–H and O–H groups in total. The molecule has 1 heterocycles. The van der Waals surface area contributed by atoms with Crippen LogP contribution in [0.2, 0.25) is 0 Å². The maximum Gasteiger partial charge on any atom is 0.243 e. The van der Waals surface area contributed by atoms with Gasteiger partial charge in [-0.05, 0) is 20.2 Å². The third-order valence-electron chi connectivity index (χ3n) is 3.73. The summed E-state index contributed by atoms with van der Waals surface area (Å²) in [6.45, 7) is 2.74. The van der Waals surface area contributed by atoms with E-state index in [0.717, 1.165) is 6.54 Å². The van der Waals surface area contributed by atoms with Crippen molar-refractivity contribution in [2.75, 3.05) is 32.9 Å². The summed E-state index contributed by atoms with van der Waals surface area (Å²) >= 11 is 1.50. The van der Waals surface area contributed by atoms with Crippen LogP contribution in [0.5, 0.6) is 5.75 Å². The van der Waals surface area contributed by atoms with E-state index in [1.54, 1.807) is 23.1 Å². The van der Waals surface area contributed by atoms with Crippen LogP contribution >= 0.6 is 11.8 Å². The second kappa shape index (κ2) is 7.70. The molecule has 1 fully saturated rings. The molecular weight excluding hydrogens is 314 g/mol. The summed E-state index contributed by atoms with van der Waals surface area (Å²) in [6, 6.07) is 6.43. The zero-order chi connectivity index (χ0) is 17.0. The molecule has 6 nitrogen and oxygen atoms in total. The van der Waals surface area contributed by atoms with Gasteiger partial charge in [-0.2, -0.15) is 0 Å². The molecule has 2 unspecified atom stereocenters. The Morgan fingerprint density at radius 1 is 1.39 bits per heavy atom. The number of nitrogens with one attached hydrogen (secondary N) is 1. The Kier molecular flexibility index (Phi) is 5.90. The number of benzene rings is 1. The molecule has 1 aromatic rings. The van der Waals surface area contributed by atoms with Gasteiger partial charge in [0.25, 0.3) is 0 Å². The lowest BCUT2D eigenvalue weighted by Crippen LogP contribution is -2.48. The monoisotopic (exact) mass is 337 g/mol. The topological polar surface area (TPSA) is 72.9 Å². The number of aromatic hydroxyl groups is 1. The molecule has 1 saturated heterocycles. The van der Waals surface area contributed by atoms with Gasteiger partial charge < -0.3 is 20.2 Å². The van der Waals surface area contributed by atoms with Crippen LogP contribution in [0.25, 0.3) is 0 Å². The molecular formula is C16H23N3O3S. The van der Waals surface area contributed by atoms with Crippen LogP contribution in [0.4, 0.5) is 0 Å². The Morgan fingerprint density at radius 2 is 2.09 bits per heavy atom. The standard InChI is InChI=1S/C16H23N3O3S/c1-11(20)19-13(15(22)17-8-9-18(2)3)10-23-16(19)12-6-4-5-7-14(12)21/h4-7,13,16,21H,8-10H2,1-3H3,(H,17,22). The smallest absolute Gasteiger partial charge is 0.243 e. The lowest BCUT2D eigenvalue weighted by Gasteiger charge is -2.28. The Hall–Kier alpha value is -1.73. The van der Waals surface area contributed by atoms with Crippen molar-refractivity contribution in [3.63, 3.8) is 0 Å². The second-order valence-electron chi connectivity index (χ2n) is 5.78. The van der Waals surface area contributed by atoms with Crippen LogP contribution in [0.3, 0.4) is 0 Å². The van der Waals surface area contributed by atoms with Crippen molar-refractivity contribution < 1.29 is 14.7 Å². The highest BCUT2D eigenvalue weighted by Crippen LogP contribution is 2.44. The van der Waals surface area contributed by atoms with Crippen molar-refractivity contribution in [2.45, 2.75) is 18.3 Å². The normalized spacial score (nSPS) is 20.8. The minimum Gasteiger partial charge on any atom is -0.508 e. The largest absolute Gasteiger partial charge is 0.508 e. The van der Waals surface area contributed by atoms with Crippen molar-refractivity contribution in [1.82, 2.24) is 15.1 Å². The molecule has 7 heteroatoms. The predicted octanol–water partition coefficient (Wildman–Crippen LogP) is 1.03. The summed E-state index contributed by atoms with van der Waals surface area (Å²) in [7, 11) is 3.88. The van der Waals surface area contributed by atoms with E-state index in [2.05, 4.69) is 5.32 Å². The highest BCUT2D eigenvalue weighted by molar-refractivity contribution is 7.99. The Morgan fingerprint density at radius 3 is 2.70 bits per heavy atom. The van der Waals surface area contributed by atoms with E-state index in [9.17, 15) is 14.7 Å². The van der Waals surface area contributed by atoms with Gasteiger partial charge in [0.05, 0.1) is 0 Å². The van der Waals surface area contributed by atoms with Crippen LogP contribution in [-0.4, -0.2) is 65.7 Å². The third-order valence-corrected chi connectivity index (χ3v) is 5.03. The molecule has 1 aromatic carbocycles. The van der Waals surface area contributed by atoms with E-state index in [0.29, 0.717) is 17.9 Å². The number of nitrogens with zero attached hydrogens (tertiary/aromatic N) is 2. The van der Waals surface area contributed by atoms with Gasteiger partial charge in [-0.25, -0.2) is 0 Å². The minimum absolute atomic E-state index is 0.143. The van der Waals surface area contributed by atoms with Crippen molar-refractivity contribution in [2.24, 2.45) is 0 Å². The SMILES string of the molecule is CC(=O)N1C(C(=O)NCCN(C)C)CSC1c1ccccc1O. The molecule has 1 aliphatic rings. The lowest BCUT2D eigenvalue weighted by molar-refractivity contribution is -0.138.